The van der Waals surface area contributed by atoms with Crippen molar-refractivity contribution >= 4 is 26.5 Å². The zero-order chi connectivity index (χ0) is 33.2. The molecule has 2 rings (SSSR count). The maximum Gasteiger partial charge on any atom is 0.407 e. The molecule has 0 aromatic heterocycles. The molecule has 1 heterocycles. The summed E-state index contributed by atoms with van der Waals surface area (Å²) in [5.74, 6) is 1.48. The number of carbonyl (C=O) groups excluding carboxylic acids is 1. The van der Waals surface area contributed by atoms with E-state index in [-0.39, 0.29) is 19.3 Å². The zero-order valence-corrected chi connectivity index (χ0v) is 30.9. The molecule has 2 atom stereocenters. The average molecular weight is 683 g/mol. The highest BCUT2D eigenvalue weighted by Gasteiger charge is 2.19. The van der Waals surface area contributed by atoms with Crippen LogP contribution in [0.25, 0.3) is 0 Å². The Morgan fingerprint density at radius 3 is 2.11 bits per heavy atom. The van der Waals surface area contributed by atoms with Gasteiger partial charge in [0.25, 0.3) is 0 Å². The van der Waals surface area contributed by atoms with Crippen molar-refractivity contribution in [1.29, 1.82) is 0 Å². The second kappa shape index (κ2) is 26.4. The maximum atomic E-state index is 12.2. The molecule has 1 aromatic rings. The summed E-state index contributed by atoms with van der Waals surface area (Å²) >= 11 is 1.82. The average Bonchev–Trinajstić information content (AvgIpc) is 3.44. The molecule has 1 aliphatic rings. The monoisotopic (exact) mass is 682 g/mol. The predicted molar refractivity (Wildman–Crippen MR) is 193 cm³/mol. The fourth-order valence-electron chi connectivity index (χ4n) is 5.40. The minimum absolute atomic E-state index is 0.0302. The van der Waals surface area contributed by atoms with Crippen molar-refractivity contribution in [2.45, 2.75) is 149 Å². The van der Waals surface area contributed by atoms with Crippen molar-refractivity contribution < 1.29 is 28.2 Å². The molecule has 264 valence electrons. The molecule has 0 spiro atoms. The SMILES string of the molecule is CCCCCCCCCCCCCCCCCCNC(=O)OCC(COP(O)Oc1cccc(CN2C=C(C)SC2)c1)OC(C)C. The molecular formula is C36H63N2O6PS. The number of amides is 1. The van der Waals surface area contributed by atoms with Crippen molar-refractivity contribution in [2.75, 3.05) is 25.6 Å². The van der Waals surface area contributed by atoms with Gasteiger partial charge in [-0.25, -0.2) is 4.79 Å². The van der Waals surface area contributed by atoms with Crippen molar-refractivity contribution in [3.63, 3.8) is 0 Å². The number of nitrogens with one attached hydrogen (secondary N) is 1. The van der Waals surface area contributed by atoms with E-state index < -0.39 is 20.8 Å². The molecule has 1 aliphatic heterocycles. The topological polar surface area (TPSA) is 89.5 Å². The molecule has 46 heavy (non-hydrogen) atoms. The van der Waals surface area contributed by atoms with E-state index in [1.165, 1.54) is 94.8 Å². The number of thioether (sulfide) groups is 1. The van der Waals surface area contributed by atoms with E-state index >= 15 is 0 Å². The highest BCUT2D eigenvalue weighted by Crippen LogP contribution is 2.36. The van der Waals surface area contributed by atoms with Crippen LogP contribution in [-0.2, 0) is 20.5 Å². The molecule has 0 radical (unpaired) electrons. The van der Waals surface area contributed by atoms with Crippen molar-refractivity contribution in [2.24, 2.45) is 0 Å². The van der Waals surface area contributed by atoms with Gasteiger partial charge in [-0.15, -0.1) is 11.8 Å². The Morgan fingerprint density at radius 1 is 0.935 bits per heavy atom. The molecule has 0 saturated heterocycles. The van der Waals surface area contributed by atoms with Gasteiger partial charge in [-0.05, 0) is 49.8 Å². The molecule has 1 amide bonds. The number of alkyl carbamates (subject to hydrolysis) is 1. The maximum absolute atomic E-state index is 12.2. The van der Waals surface area contributed by atoms with Gasteiger partial charge in [0.05, 0.1) is 18.6 Å². The summed E-state index contributed by atoms with van der Waals surface area (Å²) in [7, 11) is -2.17. The van der Waals surface area contributed by atoms with Crippen molar-refractivity contribution in [3.05, 3.63) is 40.9 Å². The molecule has 10 heteroatoms. The third kappa shape index (κ3) is 21.4. The van der Waals surface area contributed by atoms with Crippen LogP contribution in [0.1, 0.15) is 136 Å². The number of allylic oxidation sites excluding steroid dienone is 1. The van der Waals surface area contributed by atoms with Crippen molar-refractivity contribution in [1.82, 2.24) is 10.2 Å². The Morgan fingerprint density at radius 2 is 1.54 bits per heavy atom. The van der Waals surface area contributed by atoms with Gasteiger partial charge < -0.3 is 29.1 Å². The van der Waals surface area contributed by atoms with Crippen LogP contribution in [0.2, 0.25) is 0 Å². The third-order valence-corrected chi connectivity index (χ3v) is 9.58. The zero-order valence-electron chi connectivity index (χ0n) is 29.2. The predicted octanol–water partition coefficient (Wildman–Crippen LogP) is 10.5. The fourth-order valence-corrected chi connectivity index (χ4v) is 6.80. The number of hydrogen-bond donors (Lipinski definition) is 2. The van der Waals surface area contributed by atoms with Gasteiger partial charge in [-0.3, -0.25) is 4.52 Å². The fraction of sp³-hybridized carbons (Fsp3) is 0.750. The van der Waals surface area contributed by atoms with E-state index in [0.29, 0.717) is 12.3 Å². The van der Waals surface area contributed by atoms with Crippen LogP contribution in [0, 0.1) is 0 Å². The van der Waals surface area contributed by atoms with Crippen LogP contribution in [0.15, 0.2) is 35.4 Å². The number of hydrogen-bond acceptors (Lipinski definition) is 8. The Kier molecular flexibility index (Phi) is 23.4. The summed E-state index contributed by atoms with van der Waals surface area (Å²) in [6.45, 7) is 9.64. The molecule has 1 aromatic carbocycles. The van der Waals surface area contributed by atoms with Gasteiger partial charge in [0, 0.05) is 19.3 Å². The third-order valence-electron chi connectivity index (χ3n) is 7.83. The molecule has 0 aliphatic carbocycles. The van der Waals surface area contributed by atoms with Crippen LogP contribution in [0.4, 0.5) is 4.79 Å². The molecule has 2 unspecified atom stereocenters. The van der Waals surface area contributed by atoms with Crippen LogP contribution in [0.3, 0.4) is 0 Å². The van der Waals surface area contributed by atoms with E-state index in [1.807, 2.05) is 43.8 Å². The number of rotatable bonds is 28. The first kappa shape index (κ1) is 40.7. The second-order valence-corrected chi connectivity index (χ2v) is 14.8. The lowest BCUT2D eigenvalue weighted by molar-refractivity contribution is -0.0488. The summed E-state index contributed by atoms with van der Waals surface area (Å²) < 4.78 is 22.4. The van der Waals surface area contributed by atoms with E-state index in [0.717, 1.165) is 30.8 Å². The molecular weight excluding hydrogens is 619 g/mol. The minimum Gasteiger partial charge on any atom is -0.447 e. The number of nitrogens with zero attached hydrogens (tertiary/aromatic N) is 1. The van der Waals surface area contributed by atoms with Crippen LogP contribution < -0.4 is 9.84 Å². The van der Waals surface area contributed by atoms with Gasteiger partial charge >= 0.3 is 14.7 Å². The largest absolute Gasteiger partial charge is 0.447 e. The number of ether oxygens (including phenoxy) is 2. The first-order chi connectivity index (χ1) is 22.4. The van der Waals surface area contributed by atoms with Gasteiger partial charge in [0.1, 0.15) is 18.5 Å². The molecule has 2 N–H and O–H groups in total. The second-order valence-electron chi connectivity index (χ2n) is 12.7. The first-order valence-corrected chi connectivity index (χ1v) is 20.0. The first-order valence-electron chi connectivity index (χ1n) is 17.9. The molecule has 8 nitrogen and oxygen atoms in total. The Labute approximate surface area is 285 Å². The lowest BCUT2D eigenvalue weighted by Crippen LogP contribution is -2.33. The number of unbranched alkanes of at least 4 members (excludes halogenated alkanes) is 15. The van der Waals surface area contributed by atoms with Crippen LogP contribution in [-0.4, -0.2) is 53.7 Å². The highest BCUT2D eigenvalue weighted by molar-refractivity contribution is 8.03. The lowest BCUT2D eigenvalue weighted by Gasteiger charge is -2.21. The smallest absolute Gasteiger partial charge is 0.407 e. The Hall–Kier alpha value is -1.51. The molecule has 0 fully saturated rings. The van der Waals surface area contributed by atoms with E-state index in [4.69, 9.17) is 18.5 Å². The summed E-state index contributed by atoms with van der Waals surface area (Å²) in [5.41, 5.74) is 1.09. The van der Waals surface area contributed by atoms with Gasteiger partial charge in [0.15, 0.2) is 0 Å². The van der Waals surface area contributed by atoms with Gasteiger partial charge in [-0.1, -0.05) is 115 Å². The molecule has 0 saturated carbocycles. The Bertz CT molecular complexity index is 953. The summed E-state index contributed by atoms with van der Waals surface area (Å²) in [5, 5.41) is 2.84. The van der Waals surface area contributed by atoms with E-state index in [1.54, 1.807) is 6.07 Å². The van der Waals surface area contributed by atoms with Crippen molar-refractivity contribution in [3.8, 4) is 5.75 Å². The summed E-state index contributed by atoms with van der Waals surface area (Å²) in [4.78, 5) is 26.2. The minimum atomic E-state index is -2.17. The number of carbonyl (C=O) groups is 1. The van der Waals surface area contributed by atoms with Gasteiger partial charge in [-0.2, -0.15) is 0 Å². The molecule has 0 bridgehead atoms. The van der Waals surface area contributed by atoms with E-state index in [9.17, 15) is 9.69 Å². The normalized spacial score (nSPS) is 14.4. The Balaban J connectivity index is 1.49. The summed E-state index contributed by atoms with van der Waals surface area (Å²) in [6.07, 6.45) is 22.2. The lowest BCUT2D eigenvalue weighted by atomic mass is 10.0. The van der Waals surface area contributed by atoms with Crippen LogP contribution >= 0.6 is 20.4 Å². The highest BCUT2D eigenvalue weighted by atomic mass is 32.2. The van der Waals surface area contributed by atoms with E-state index in [2.05, 4.69) is 30.3 Å². The van der Waals surface area contributed by atoms with Gasteiger partial charge in [0.2, 0.25) is 0 Å². The summed E-state index contributed by atoms with van der Waals surface area (Å²) in [6, 6.07) is 7.66. The van der Waals surface area contributed by atoms with Crippen LogP contribution in [0.5, 0.6) is 5.75 Å². The standard InChI is InChI=1S/C36H63N2O6PS/c1-5-6-7-8-9-10-11-12-13-14-15-16-17-18-19-20-24-37-36(39)41-28-35(43-31(2)3)29-42-45(40)44-34-23-21-22-33(25-34)27-38-26-32(4)46-30-38/h21-23,25-26,31,35,40H,5-20,24,27-30H2,1-4H3,(H,37,39). The quantitative estimate of drug-likeness (QED) is 0.0667. The number of benzene rings is 1.